The minimum atomic E-state index is -3.67. The summed E-state index contributed by atoms with van der Waals surface area (Å²) in [4.78, 5) is 28.7. The van der Waals surface area contributed by atoms with Crippen LogP contribution in [0.1, 0.15) is 37.3 Å². The van der Waals surface area contributed by atoms with Gasteiger partial charge in [-0.3, -0.25) is 13.9 Å². The second-order valence-electron chi connectivity index (χ2n) is 10.1. The molecule has 1 atom stereocenters. The van der Waals surface area contributed by atoms with Gasteiger partial charge < -0.3 is 19.7 Å². The molecule has 11 heteroatoms. The zero-order valence-corrected chi connectivity index (χ0v) is 24.6. The molecule has 0 saturated heterocycles. The second-order valence-corrected chi connectivity index (χ2v) is 12.0. The molecule has 1 aliphatic rings. The van der Waals surface area contributed by atoms with Crippen LogP contribution in [0, 0.1) is 5.82 Å². The van der Waals surface area contributed by atoms with Gasteiger partial charge in [-0.05, 0) is 48.2 Å². The van der Waals surface area contributed by atoms with E-state index in [2.05, 4.69) is 5.32 Å². The van der Waals surface area contributed by atoms with Gasteiger partial charge >= 0.3 is 0 Å². The summed E-state index contributed by atoms with van der Waals surface area (Å²) < 4.78 is 51.0. The monoisotopic (exact) mass is 597 g/mol. The van der Waals surface area contributed by atoms with Crippen molar-refractivity contribution in [3.05, 3.63) is 89.7 Å². The Labute approximate surface area is 246 Å². The van der Waals surface area contributed by atoms with E-state index >= 15 is 0 Å². The smallest absolute Gasteiger partial charge is 0.243 e. The van der Waals surface area contributed by atoms with Crippen LogP contribution in [0.3, 0.4) is 0 Å². The number of halogens is 1. The molecule has 0 aliphatic carbocycles. The highest BCUT2D eigenvalue weighted by Gasteiger charge is 2.30. The molecular weight excluding hydrogens is 561 g/mol. The van der Waals surface area contributed by atoms with Crippen LogP contribution in [0.5, 0.6) is 11.5 Å². The van der Waals surface area contributed by atoms with Gasteiger partial charge in [0.1, 0.15) is 11.9 Å². The Morgan fingerprint density at radius 1 is 0.976 bits per heavy atom. The molecule has 0 bridgehead atoms. The summed E-state index contributed by atoms with van der Waals surface area (Å²) in [6, 6.07) is 19.3. The summed E-state index contributed by atoms with van der Waals surface area (Å²) in [6.07, 6.45) is 2.32. The lowest BCUT2D eigenvalue weighted by Crippen LogP contribution is -2.50. The normalized spacial score (nSPS) is 12.9. The predicted molar refractivity (Wildman–Crippen MR) is 158 cm³/mol. The van der Waals surface area contributed by atoms with Gasteiger partial charge in [0.15, 0.2) is 11.5 Å². The molecule has 0 fully saturated rings. The molecule has 0 aromatic heterocycles. The van der Waals surface area contributed by atoms with Crippen molar-refractivity contribution in [1.82, 2.24) is 10.2 Å². The number of hydrogen-bond acceptors (Lipinski definition) is 6. The molecule has 224 valence electrons. The molecular formula is C31H36FN3O6S. The van der Waals surface area contributed by atoms with E-state index in [0.717, 1.165) is 18.2 Å². The van der Waals surface area contributed by atoms with E-state index in [0.29, 0.717) is 29.3 Å². The van der Waals surface area contributed by atoms with Gasteiger partial charge in [-0.15, -0.1) is 0 Å². The third-order valence-corrected chi connectivity index (χ3v) is 8.08. The number of nitrogens with zero attached hydrogens (tertiary/aromatic N) is 2. The quantitative estimate of drug-likeness (QED) is 0.298. The number of anilines is 1. The van der Waals surface area contributed by atoms with Crippen molar-refractivity contribution < 1.29 is 31.9 Å². The van der Waals surface area contributed by atoms with E-state index in [4.69, 9.17) is 9.47 Å². The molecule has 1 unspecified atom stereocenters. The van der Waals surface area contributed by atoms with Gasteiger partial charge in [0.2, 0.25) is 28.6 Å². The highest BCUT2D eigenvalue weighted by atomic mass is 32.2. The summed E-state index contributed by atoms with van der Waals surface area (Å²) in [5.41, 5.74) is 1.96. The Morgan fingerprint density at radius 2 is 1.69 bits per heavy atom. The van der Waals surface area contributed by atoms with Crippen LogP contribution in [0.15, 0.2) is 72.8 Å². The Bertz CT molecular complexity index is 1470. The maximum absolute atomic E-state index is 13.8. The van der Waals surface area contributed by atoms with Crippen molar-refractivity contribution in [2.75, 3.05) is 30.4 Å². The fourth-order valence-electron chi connectivity index (χ4n) is 4.75. The third-order valence-electron chi connectivity index (χ3n) is 6.88. The van der Waals surface area contributed by atoms with Crippen LogP contribution in [0.2, 0.25) is 0 Å². The molecule has 9 nitrogen and oxygen atoms in total. The van der Waals surface area contributed by atoms with Crippen LogP contribution in [-0.2, 0) is 32.6 Å². The van der Waals surface area contributed by atoms with Gasteiger partial charge in [-0.25, -0.2) is 12.8 Å². The number of ether oxygens (including phenoxy) is 2. The Kier molecular flexibility index (Phi) is 10.4. The first-order valence-corrected chi connectivity index (χ1v) is 15.7. The van der Waals surface area contributed by atoms with E-state index in [1.807, 2.05) is 37.3 Å². The van der Waals surface area contributed by atoms with Gasteiger partial charge in [-0.2, -0.15) is 0 Å². The Balaban J connectivity index is 1.56. The van der Waals surface area contributed by atoms with E-state index in [1.54, 1.807) is 30.3 Å². The minimum absolute atomic E-state index is 0.00981. The molecule has 0 spiro atoms. The number of nitrogens with one attached hydrogen (secondary N) is 1. The van der Waals surface area contributed by atoms with Crippen molar-refractivity contribution in [2.45, 2.75) is 45.2 Å². The van der Waals surface area contributed by atoms with Gasteiger partial charge in [-0.1, -0.05) is 49.4 Å². The lowest BCUT2D eigenvalue weighted by molar-refractivity contribution is -0.141. The Hall–Kier alpha value is -4.12. The zero-order valence-electron chi connectivity index (χ0n) is 23.8. The number of fused-ring (bicyclic) bond motifs is 1. The first-order valence-electron chi connectivity index (χ1n) is 13.9. The number of hydrogen-bond donors (Lipinski definition) is 1. The minimum Gasteiger partial charge on any atom is -0.454 e. The van der Waals surface area contributed by atoms with Crippen LogP contribution in [0.25, 0.3) is 0 Å². The zero-order chi connectivity index (χ0) is 30.1. The van der Waals surface area contributed by atoms with E-state index in [9.17, 15) is 22.4 Å². The van der Waals surface area contributed by atoms with Crippen molar-refractivity contribution in [2.24, 2.45) is 0 Å². The van der Waals surface area contributed by atoms with Crippen LogP contribution < -0.4 is 19.1 Å². The summed E-state index contributed by atoms with van der Waals surface area (Å²) in [7, 11) is -3.67. The van der Waals surface area contributed by atoms with Gasteiger partial charge in [0.05, 0.1) is 11.9 Å². The average molecular weight is 598 g/mol. The number of carbonyl (C=O) groups is 2. The fourth-order valence-corrected chi connectivity index (χ4v) is 5.71. The van der Waals surface area contributed by atoms with Crippen molar-refractivity contribution in [3.8, 4) is 11.5 Å². The molecule has 2 amide bonds. The summed E-state index contributed by atoms with van der Waals surface area (Å²) in [5, 5.41) is 2.92. The first kappa shape index (κ1) is 30.8. The van der Waals surface area contributed by atoms with Gasteiger partial charge in [0, 0.05) is 38.5 Å². The third kappa shape index (κ3) is 8.22. The summed E-state index contributed by atoms with van der Waals surface area (Å²) in [5.74, 6) is -0.0166. The number of amides is 2. The van der Waals surface area contributed by atoms with Crippen molar-refractivity contribution in [3.63, 3.8) is 0 Å². The summed E-state index contributed by atoms with van der Waals surface area (Å²) in [6.45, 7) is 2.60. The van der Waals surface area contributed by atoms with Crippen LogP contribution in [-0.4, -0.2) is 57.3 Å². The van der Waals surface area contributed by atoms with E-state index in [1.165, 1.54) is 21.3 Å². The number of carbonyl (C=O) groups excluding carboxylic acids is 2. The Morgan fingerprint density at radius 3 is 2.38 bits per heavy atom. The van der Waals surface area contributed by atoms with Gasteiger partial charge in [0.25, 0.3) is 0 Å². The molecule has 42 heavy (non-hydrogen) atoms. The second kappa shape index (κ2) is 14.2. The molecule has 1 heterocycles. The number of benzene rings is 3. The van der Waals surface area contributed by atoms with Crippen LogP contribution >= 0.6 is 0 Å². The molecule has 3 aromatic rings. The lowest BCUT2D eigenvalue weighted by Gasteiger charge is -2.32. The molecule has 4 rings (SSSR count). The molecule has 3 aromatic carbocycles. The number of sulfonamides is 1. The largest absolute Gasteiger partial charge is 0.454 e. The molecule has 0 radical (unpaired) electrons. The van der Waals surface area contributed by atoms with E-state index < -0.39 is 21.9 Å². The highest BCUT2D eigenvalue weighted by molar-refractivity contribution is 7.92. The van der Waals surface area contributed by atoms with Crippen LogP contribution in [0.4, 0.5) is 10.1 Å². The molecule has 0 saturated carbocycles. The number of rotatable bonds is 14. The maximum atomic E-state index is 13.8. The molecule has 1 aliphatic heterocycles. The summed E-state index contributed by atoms with van der Waals surface area (Å²) >= 11 is 0. The standard InChI is InChI=1S/C31H36FN3O6S/c1-3-17-33-31(37)27(19-23-8-5-4-6-9-23)34(21-24-11-13-25(32)14-12-24)30(36)10-7-18-35(42(2,38)39)26-15-16-28-29(20-26)41-22-40-28/h4-6,8-9,11-16,20,27H,3,7,10,17-19,21-22H2,1-2H3,(H,33,37). The topological polar surface area (TPSA) is 105 Å². The highest BCUT2D eigenvalue weighted by Crippen LogP contribution is 2.36. The van der Waals surface area contributed by atoms with E-state index in [-0.39, 0.29) is 51.0 Å². The van der Waals surface area contributed by atoms with Crippen molar-refractivity contribution >= 4 is 27.5 Å². The SMILES string of the molecule is CCCNC(=O)C(Cc1ccccc1)N(Cc1ccc(F)cc1)C(=O)CCCN(c1ccc2c(c1)OCO2)S(C)(=O)=O. The lowest BCUT2D eigenvalue weighted by atomic mass is 10.0. The fraction of sp³-hybridized carbons (Fsp3) is 0.355. The predicted octanol–water partition coefficient (Wildman–Crippen LogP) is 4.27. The van der Waals surface area contributed by atoms with Crippen molar-refractivity contribution in [1.29, 1.82) is 0 Å². The first-order chi connectivity index (χ1) is 20.2. The molecule has 1 N–H and O–H groups in total. The average Bonchev–Trinajstić information content (AvgIpc) is 3.44. The maximum Gasteiger partial charge on any atom is 0.243 e.